The Morgan fingerprint density at radius 2 is 2.00 bits per heavy atom. The van der Waals surface area contributed by atoms with Crippen molar-refractivity contribution in [1.82, 2.24) is 15.3 Å². The van der Waals surface area contributed by atoms with Gasteiger partial charge in [-0.15, -0.1) is 6.58 Å². The third kappa shape index (κ3) is 2.66. The fourth-order valence-electron chi connectivity index (χ4n) is 2.53. The molecule has 0 aromatic heterocycles. The number of fused-ring (bicyclic) bond motifs is 1. The third-order valence-corrected chi connectivity index (χ3v) is 3.59. The highest BCUT2D eigenvalue weighted by Gasteiger charge is 2.43. The number of rotatable bonds is 5. The summed E-state index contributed by atoms with van der Waals surface area (Å²) in [4.78, 5) is 27.7. The van der Waals surface area contributed by atoms with Crippen LogP contribution in [0.1, 0.15) is 6.92 Å². The maximum absolute atomic E-state index is 12.6. The van der Waals surface area contributed by atoms with E-state index in [-0.39, 0.29) is 11.9 Å². The van der Waals surface area contributed by atoms with Gasteiger partial charge in [0.25, 0.3) is 5.91 Å². The van der Waals surface area contributed by atoms with Gasteiger partial charge in [0.1, 0.15) is 5.75 Å². The molecular weight excluding hydrogens is 296 g/mol. The van der Waals surface area contributed by atoms with Crippen LogP contribution in [-0.2, 0) is 4.79 Å². The molecule has 3 amide bonds. The van der Waals surface area contributed by atoms with Crippen molar-refractivity contribution >= 4 is 17.6 Å². The van der Waals surface area contributed by atoms with E-state index >= 15 is 0 Å². The second-order valence-corrected chi connectivity index (χ2v) is 5.05. The number of urea groups is 1. The first kappa shape index (κ1) is 15.1. The van der Waals surface area contributed by atoms with Gasteiger partial charge < -0.3 is 4.74 Å². The van der Waals surface area contributed by atoms with E-state index in [1.807, 2.05) is 19.1 Å². The van der Waals surface area contributed by atoms with Crippen LogP contribution in [0.15, 0.2) is 49.3 Å². The van der Waals surface area contributed by atoms with Crippen LogP contribution in [-0.4, -0.2) is 41.2 Å². The molecule has 1 aromatic carbocycles. The Morgan fingerprint density at radius 1 is 1.26 bits per heavy atom. The summed E-state index contributed by atoms with van der Waals surface area (Å²) in [6.45, 7) is 6.43. The van der Waals surface area contributed by atoms with Gasteiger partial charge in [-0.1, -0.05) is 6.08 Å². The second-order valence-electron chi connectivity index (χ2n) is 5.05. The molecule has 1 aromatic rings. The van der Waals surface area contributed by atoms with Gasteiger partial charge in [0.15, 0.2) is 6.17 Å². The van der Waals surface area contributed by atoms with Gasteiger partial charge in [0.05, 0.1) is 13.2 Å². The zero-order valence-corrected chi connectivity index (χ0v) is 12.8. The maximum atomic E-state index is 12.6. The van der Waals surface area contributed by atoms with E-state index in [0.29, 0.717) is 18.8 Å². The van der Waals surface area contributed by atoms with Crippen LogP contribution in [0.4, 0.5) is 10.5 Å². The Hall–Kier alpha value is -2.80. The van der Waals surface area contributed by atoms with Crippen molar-refractivity contribution in [3.05, 3.63) is 49.3 Å². The van der Waals surface area contributed by atoms with Crippen LogP contribution < -0.4 is 15.1 Å². The lowest BCUT2D eigenvalue weighted by molar-refractivity contribution is -0.122. The van der Waals surface area contributed by atoms with E-state index in [0.717, 1.165) is 5.75 Å². The molecule has 1 atom stereocenters. The highest BCUT2D eigenvalue weighted by Crippen LogP contribution is 2.25. The van der Waals surface area contributed by atoms with Gasteiger partial charge in [-0.2, -0.15) is 5.43 Å². The lowest BCUT2D eigenvalue weighted by atomic mass is 10.2. The number of carbonyl (C=O) groups excluding carboxylic acids is 2. The number of anilines is 1. The second kappa shape index (κ2) is 6.13. The van der Waals surface area contributed by atoms with Gasteiger partial charge in [-0.05, 0) is 31.2 Å². The van der Waals surface area contributed by atoms with E-state index in [4.69, 9.17) is 4.74 Å². The Labute approximate surface area is 134 Å². The minimum Gasteiger partial charge on any atom is -0.494 e. The normalized spacial score (nSPS) is 20.0. The summed E-state index contributed by atoms with van der Waals surface area (Å²) in [5.74, 6) is 0.522. The largest absolute Gasteiger partial charge is 0.494 e. The topological polar surface area (TPSA) is 65.1 Å². The minimum absolute atomic E-state index is 0.225. The van der Waals surface area contributed by atoms with E-state index in [9.17, 15) is 9.59 Å². The van der Waals surface area contributed by atoms with Crippen LogP contribution in [0.5, 0.6) is 5.75 Å². The highest BCUT2D eigenvalue weighted by atomic mass is 16.5. The molecule has 1 unspecified atom stereocenters. The zero-order valence-electron chi connectivity index (χ0n) is 12.8. The average molecular weight is 314 g/mol. The fourth-order valence-corrected chi connectivity index (χ4v) is 2.53. The first-order valence-corrected chi connectivity index (χ1v) is 7.37. The van der Waals surface area contributed by atoms with Crippen molar-refractivity contribution in [3.63, 3.8) is 0 Å². The van der Waals surface area contributed by atoms with Crippen molar-refractivity contribution in [2.24, 2.45) is 0 Å². The van der Waals surface area contributed by atoms with Crippen molar-refractivity contribution in [1.29, 1.82) is 0 Å². The van der Waals surface area contributed by atoms with Crippen LogP contribution >= 0.6 is 0 Å². The smallest absolute Gasteiger partial charge is 0.340 e. The summed E-state index contributed by atoms with van der Waals surface area (Å²) in [5, 5.41) is 1.36. The Kier molecular flexibility index (Phi) is 4.03. The summed E-state index contributed by atoms with van der Waals surface area (Å²) in [5.41, 5.74) is 3.61. The molecule has 23 heavy (non-hydrogen) atoms. The standard InChI is InChI=1S/C16H18N4O3/c1-3-9-20-16(22)19-11-10-18(15(21)14(19)17-20)12-5-7-13(8-6-12)23-4-2/h3,5-8,10-11,14,17H,1,4,9H2,2H3. The highest BCUT2D eigenvalue weighted by molar-refractivity contribution is 6.03. The molecule has 3 rings (SSSR count). The van der Waals surface area contributed by atoms with E-state index < -0.39 is 6.17 Å². The molecule has 0 saturated carbocycles. The Balaban J connectivity index is 1.80. The SMILES string of the molecule is C=CCN1NC2C(=O)N(c3ccc(OCC)cc3)C=CN2C1=O. The first-order valence-electron chi connectivity index (χ1n) is 7.37. The molecule has 0 aliphatic carbocycles. The molecule has 0 radical (unpaired) electrons. The molecule has 7 nitrogen and oxygen atoms in total. The van der Waals surface area contributed by atoms with Gasteiger partial charge in [0, 0.05) is 18.1 Å². The average Bonchev–Trinajstić information content (AvgIpc) is 2.87. The van der Waals surface area contributed by atoms with Gasteiger partial charge >= 0.3 is 6.03 Å². The van der Waals surface area contributed by atoms with Crippen LogP contribution in [0.3, 0.4) is 0 Å². The number of hydrazine groups is 1. The molecule has 120 valence electrons. The number of benzene rings is 1. The molecule has 1 fully saturated rings. The lowest BCUT2D eigenvalue weighted by Gasteiger charge is -2.29. The number of nitrogens with zero attached hydrogens (tertiary/aromatic N) is 3. The third-order valence-electron chi connectivity index (χ3n) is 3.59. The molecule has 1 N–H and O–H groups in total. The molecular formula is C16H18N4O3. The maximum Gasteiger partial charge on any atom is 0.340 e. The first-order chi connectivity index (χ1) is 11.2. The number of carbonyl (C=O) groups is 2. The van der Waals surface area contributed by atoms with Crippen LogP contribution in [0.2, 0.25) is 0 Å². The summed E-state index contributed by atoms with van der Waals surface area (Å²) in [6, 6.07) is 6.96. The van der Waals surface area contributed by atoms with Gasteiger partial charge in [-0.25, -0.2) is 4.79 Å². The van der Waals surface area contributed by atoms with Crippen LogP contribution in [0, 0.1) is 0 Å². The van der Waals surface area contributed by atoms with Crippen molar-refractivity contribution < 1.29 is 14.3 Å². The summed E-state index contributed by atoms with van der Waals surface area (Å²) < 4.78 is 5.40. The number of hydrogen-bond donors (Lipinski definition) is 1. The Morgan fingerprint density at radius 3 is 2.65 bits per heavy atom. The minimum atomic E-state index is -0.737. The Bertz CT molecular complexity index is 656. The molecule has 1 saturated heterocycles. The summed E-state index contributed by atoms with van der Waals surface area (Å²) in [7, 11) is 0. The zero-order chi connectivity index (χ0) is 16.4. The van der Waals surface area contributed by atoms with E-state index in [2.05, 4.69) is 12.0 Å². The molecule has 0 bridgehead atoms. The van der Waals surface area contributed by atoms with Gasteiger partial charge in [-0.3, -0.25) is 19.6 Å². The van der Waals surface area contributed by atoms with Crippen molar-refractivity contribution in [2.45, 2.75) is 13.1 Å². The lowest BCUT2D eigenvalue weighted by Crippen LogP contribution is -2.51. The van der Waals surface area contributed by atoms with E-state index in [1.54, 1.807) is 30.6 Å². The van der Waals surface area contributed by atoms with Crippen molar-refractivity contribution in [3.8, 4) is 5.75 Å². The molecule has 0 spiro atoms. The predicted octanol–water partition coefficient (Wildman–Crippen LogP) is 1.66. The molecule has 2 heterocycles. The molecule has 2 aliphatic rings. The number of ether oxygens (including phenoxy) is 1. The number of amides is 3. The van der Waals surface area contributed by atoms with Gasteiger partial charge in [0.2, 0.25) is 0 Å². The summed E-state index contributed by atoms with van der Waals surface area (Å²) in [6.07, 6.45) is 4.05. The quantitative estimate of drug-likeness (QED) is 0.840. The van der Waals surface area contributed by atoms with Crippen molar-refractivity contribution in [2.75, 3.05) is 18.1 Å². The number of nitrogens with one attached hydrogen (secondary N) is 1. The van der Waals surface area contributed by atoms with Crippen LogP contribution in [0.25, 0.3) is 0 Å². The number of hydrogen-bond acceptors (Lipinski definition) is 4. The monoisotopic (exact) mass is 314 g/mol. The summed E-state index contributed by atoms with van der Waals surface area (Å²) >= 11 is 0. The molecule has 2 aliphatic heterocycles. The fraction of sp³-hybridized carbons (Fsp3) is 0.250. The molecule has 7 heteroatoms. The van der Waals surface area contributed by atoms with E-state index in [1.165, 1.54) is 14.8 Å². The predicted molar refractivity (Wildman–Crippen MR) is 85.3 cm³/mol.